The van der Waals surface area contributed by atoms with Crippen molar-refractivity contribution in [3.05, 3.63) is 30.1 Å². The number of nitrogens with zero attached hydrogens (tertiary/aromatic N) is 4. The summed E-state index contributed by atoms with van der Waals surface area (Å²) in [4.78, 5) is 18.8. The SMILES string of the molecule is CCc1nc2ccccc2n1CCC(=O)N1CCN(S(N)(=O)=O)CC1. The summed E-state index contributed by atoms with van der Waals surface area (Å²) in [6.45, 7) is 3.86. The Labute approximate surface area is 147 Å². The maximum absolute atomic E-state index is 12.5. The van der Waals surface area contributed by atoms with E-state index in [2.05, 4.69) is 9.55 Å². The normalized spacial score (nSPS) is 16.5. The summed E-state index contributed by atoms with van der Waals surface area (Å²) in [5.41, 5.74) is 1.97. The smallest absolute Gasteiger partial charge is 0.277 e. The van der Waals surface area contributed by atoms with Gasteiger partial charge in [-0.05, 0) is 12.1 Å². The molecule has 2 heterocycles. The van der Waals surface area contributed by atoms with E-state index in [1.54, 1.807) is 4.90 Å². The fourth-order valence-corrected chi connectivity index (χ4v) is 3.87. The van der Waals surface area contributed by atoms with E-state index in [9.17, 15) is 13.2 Å². The Hall–Kier alpha value is -1.97. The molecular weight excluding hydrogens is 342 g/mol. The number of imidazole rings is 1. The van der Waals surface area contributed by atoms with Crippen molar-refractivity contribution < 1.29 is 13.2 Å². The summed E-state index contributed by atoms with van der Waals surface area (Å²) in [6, 6.07) is 7.90. The van der Waals surface area contributed by atoms with Crippen molar-refractivity contribution in [2.45, 2.75) is 26.3 Å². The van der Waals surface area contributed by atoms with Gasteiger partial charge in [0.05, 0.1) is 11.0 Å². The van der Waals surface area contributed by atoms with Gasteiger partial charge in [-0.2, -0.15) is 12.7 Å². The van der Waals surface area contributed by atoms with E-state index in [1.165, 1.54) is 4.31 Å². The third kappa shape index (κ3) is 3.83. The van der Waals surface area contributed by atoms with Crippen LogP contribution in [0.5, 0.6) is 0 Å². The Kier molecular flexibility index (Phi) is 5.07. The second-order valence-electron chi connectivity index (χ2n) is 6.10. The van der Waals surface area contributed by atoms with Crippen LogP contribution in [0, 0.1) is 0 Å². The summed E-state index contributed by atoms with van der Waals surface area (Å²) in [6.07, 6.45) is 1.17. The highest BCUT2D eigenvalue weighted by molar-refractivity contribution is 7.86. The molecule has 1 aliphatic heterocycles. The predicted octanol–water partition coefficient (Wildman–Crippen LogP) is 0.337. The van der Waals surface area contributed by atoms with E-state index < -0.39 is 10.2 Å². The van der Waals surface area contributed by atoms with Crippen LogP contribution in [0.1, 0.15) is 19.2 Å². The fraction of sp³-hybridized carbons (Fsp3) is 0.500. The Morgan fingerprint density at radius 3 is 2.52 bits per heavy atom. The Balaban J connectivity index is 1.64. The molecule has 8 nitrogen and oxygen atoms in total. The third-order valence-electron chi connectivity index (χ3n) is 4.55. The molecule has 1 fully saturated rings. The lowest BCUT2D eigenvalue weighted by Crippen LogP contribution is -2.52. The van der Waals surface area contributed by atoms with Crippen molar-refractivity contribution in [2.24, 2.45) is 5.14 Å². The van der Waals surface area contributed by atoms with Crippen LogP contribution in [0.2, 0.25) is 0 Å². The lowest BCUT2D eigenvalue weighted by atomic mass is 10.2. The molecule has 3 rings (SSSR count). The molecule has 1 aliphatic rings. The predicted molar refractivity (Wildman–Crippen MR) is 95.0 cm³/mol. The molecular formula is C16H23N5O3S. The highest BCUT2D eigenvalue weighted by Crippen LogP contribution is 2.17. The van der Waals surface area contributed by atoms with Crippen LogP contribution in [0.3, 0.4) is 0 Å². The lowest BCUT2D eigenvalue weighted by molar-refractivity contribution is -0.132. The lowest BCUT2D eigenvalue weighted by Gasteiger charge is -2.33. The Morgan fingerprint density at radius 2 is 1.88 bits per heavy atom. The van der Waals surface area contributed by atoms with Crippen LogP contribution in [-0.4, -0.2) is 59.3 Å². The molecule has 1 saturated heterocycles. The Morgan fingerprint density at radius 1 is 1.20 bits per heavy atom. The summed E-state index contributed by atoms with van der Waals surface area (Å²) in [7, 11) is -3.67. The molecule has 136 valence electrons. The molecule has 0 aliphatic carbocycles. The molecule has 0 spiro atoms. The number of rotatable bonds is 5. The molecule has 1 amide bonds. The van der Waals surface area contributed by atoms with E-state index in [0.717, 1.165) is 23.3 Å². The van der Waals surface area contributed by atoms with E-state index >= 15 is 0 Å². The van der Waals surface area contributed by atoms with Gasteiger partial charge < -0.3 is 9.47 Å². The van der Waals surface area contributed by atoms with Gasteiger partial charge in [-0.3, -0.25) is 4.79 Å². The monoisotopic (exact) mass is 365 g/mol. The van der Waals surface area contributed by atoms with Crippen LogP contribution in [-0.2, 0) is 28.0 Å². The van der Waals surface area contributed by atoms with Crippen molar-refractivity contribution in [2.75, 3.05) is 26.2 Å². The summed E-state index contributed by atoms with van der Waals surface area (Å²) in [5.74, 6) is 0.988. The van der Waals surface area contributed by atoms with Gasteiger partial charge in [0.15, 0.2) is 0 Å². The molecule has 0 saturated carbocycles. The van der Waals surface area contributed by atoms with E-state index in [0.29, 0.717) is 26.1 Å². The molecule has 9 heteroatoms. The molecule has 25 heavy (non-hydrogen) atoms. The fourth-order valence-electron chi connectivity index (χ4n) is 3.20. The van der Waals surface area contributed by atoms with E-state index in [1.807, 2.05) is 31.2 Å². The minimum atomic E-state index is -3.67. The molecule has 1 aromatic carbocycles. The standard InChI is InChI=1S/C16H23N5O3S/c1-2-15-18-13-5-3-4-6-14(13)21(15)8-7-16(22)19-9-11-20(12-10-19)25(17,23)24/h3-6H,2,7-12H2,1H3,(H2,17,23,24). The largest absolute Gasteiger partial charge is 0.340 e. The van der Waals surface area contributed by atoms with Crippen LogP contribution in [0.25, 0.3) is 11.0 Å². The molecule has 0 bridgehead atoms. The number of piperazine rings is 1. The summed E-state index contributed by atoms with van der Waals surface area (Å²) < 4.78 is 26.0. The van der Waals surface area contributed by atoms with Gasteiger partial charge >= 0.3 is 0 Å². The minimum Gasteiger partial charge on any atom is -0.340 e. The first-order valence-corrected chi connectivity index (χ1v) is 9.90. The van der Waals surface area contributed by atoms with Crippen molar-refractivity contribution in [1.29, 1.82) is 0 Å². The van der Waals surface area contributed by atoms with Gasteiger partial charge in [0.2, 0.25) is 5.91 Å². The van der Waals surface area contributed by atoms with E-state index in [-0.39, 0.29) is 19.0 Å². The van der Waals surface area contributed by atoms with E-state index in [4.69, 9.17) is 5.14 Å². The van der Waals surface area contributed by atoms with Crippen LogP contribution < -0.4 is 5.14 Å². The first-order chi connectivity index (χ1) is 11.9. The number of amides is 1. The number of fused-ring (bicyclic) bond motifs is 1. The molecule has 0 radical (unpaired) electrons. The number of benzene rings is 1. The van der Waals surface area contributed by atoms with Gasteiger partial charge in [-0.25, -0.2) is 10.1 Å². The molecule has 0 atom stereocenters. The first kappa shape index (κ1) is 17.8. The van der Waals surface area contributed by atoms with Crippen molar-refractivity contribution in [3.63, 3.8) is 0 Å². The second-order valence-corrected chi connectivity index (χ2v) is 7.64. The van der Waals surface area contributed by atoms with Gasteiger partial charge in [-0.1, -0.05) is 19.1 Å². The Bertz CT molecular complexity index is 869. The molecule has 1 aromatic heterocycles. The van der Waals surface area contributed by atoms with Crippen LogP contribution >= 0.6 is 0 Å². The van der Waals surface area contributed by atoms with Crippen LogP contribution in [0.15, 0.2) is 24.3 Å². The summed E-state index contributed by atoms with van der Waals surface area (Å²) in [5, 5.41) is 5.12. The number of nitrogens with two attached hydrogens (primary N) is 1. The molecule has 0 unspecified atom stereocenters. The molecule has 2 aromatic rings. The second kappa shape index (κ2) is 7.11. The van der Waals surface area contributed by atoms with Crippen molar-refractivity contribution in [1.82, 2.24) is 18.8 Å². The maximum atomic E-state index is 12.5. The number of hydrogen-bond donors (Lipinski definition) is 1. The number of para-hydroxylation sites is 2. The highest BCUT2D eigenvalue weighted by Gasteiger charge is 2.26. The highest BCUT2D eigenvalue weighted by atomic mass is 32.2. The number of aryl methyl sites for hydroxylation is 2. The van der Waals surface area contributed by atoms with Gasteiger partial charge in [0.25, 0.3) is 10.2 Å². The first-order valence-electron chi connectivity index (χ1n) is 8.40. The average Bonchev–Trinajstić information content (AvgIpc) is 2.97. The third-order valence-corrected chi connectivity index (χ3v) is 5.64. The zero-order valence-corrected chi connectivity index (χ0v) is 15.1. The van der Waals surface area contributed by atoms with Crippen LogP contribution in [0.4, 0.5) is 0 Å². The number of hydrogen-bond acceptors (Lipinski definition) is 4. The number of carbonyl (C=O) groups is 1. The van der Waals surface area contributed by atoms with Crippen molar-refractivity contribution in [3.8, 4) is 0 Å². The summed E-state index contributed by atoms with van der Waals surface area (Å²) >= 11 is 0. The van der Waals surface area contributed by atoms with Gasteiger partial charge in [0.1, 0.15) is 5.82 Å². The quantitative estimate of drug-likeness (QED) is 0.825. The molecule has 2 N–H and O–H groups in total. The number of aromatic nitrogens is 2. The van der Waals surface area contributed by atoms with Gasteiger partial charge in [0, 0.05) is 45.6 Å². The zero-order valence-electron chi connectivity index (χ0n) is 14.3. The van der Waals surface area contributed by atoms with Crippen molar-refractivity contribution >= 4 is 27.1 Å². The topological polar surface area (TPSA) is 102 Å². The minimum absolute atomic E-state index is 0.0221. The number of carbonyl (C=O) groups excluding carboxylic acids is 1. The zero-order chi connectivity index (χ0) is 18.0. The average molecular weight is 365 g/mol. The van der Waals surface area contributed by atoms with Gasteiger partial charge in [-0.15, -0.1) is 0 Å². The maximum Gasteiger partial charge on any atom is 0.277 e.